The minimum absolute atomic E-state index is 0.311. The molecule has 1 aromatic carbocycles. The van der Waals surface area contributed by atoms with E-state index in [1.54, 1.807) is 36.8 Å². The van der Waals surface area contributed by atoms with Gasteiger partial charge in [-0.2, -0.15) is 4.98 Å². The molecule has 2 heterocycles. The lowest BCUT2D eigenvalue weighted by Crippen LogP contribution is -1.87. The third-order valence-electron chi connectivity index (χ3n) is 2.44. The number of nitrogens with zero attached hydrogens (tertiary/aromatic N) is 4. The van der Waals surface area contributed by atoms with Crippen molar-refractivity contribution in [1.29, 1.82) is 0 Å². The number of halogens is 1. The molecule has 19 heavy (non-hydrogen) atoms. The van der Waals surface area contributed by atoms with Crippen molar-refractivity contribution < 1.29 is 4.52 Å². The predicted octanol–water partition coefficient (Wildman–Crippen LogP) is 2.43. The van der Waals surface area contributed by atoms with Gasteiger partial charge in [-0.1, -0.05) is 16.8 Å². The Kier molecular flexibility index (Phi) is 2.85. The van der Waals surface area contributed by atoms with Crippen LogP contribution in [-0.2, 0) is 0 Å². The van der Waals surface area contributed by atoms with E-state index in [1.807, 2.05) is 0 Å². The van der Waals surface area contributed by atoms with Crippen LogP contribution in [0.1, 0.15) is 0 Å². The Labute approximate surface area is 113 Å². The van der Waals surface area contributed by atoms with Crippen LogP contribution in [0.4, 0.5) is 5.69 Å². The van der Waals surface area contributed by atoms with Crippen molar-refractivity contribution in [2.24, 2.45) is 0 Å². The van der Waals surface area contributed by atoms with Gasteiger partial charge in [-0.05, 0) is 18.2 Å². The Morgan fingerprint density at radius 1 is 1.21 bits per heavy atom. The molecule has 0 unspecified atom stereocenters. The van der Waals surface area contributed by atoms with Gasteiger partial charge < -0.3 is 10.3 Å². The summed E-state index contributed by atoms with van der Waals surface area (Å²) in [7, 11) is 0. The van der Waals surface area contributed by atoms with Gasteiger partial charge in [0, 0.05) is 18.1 Å². The largest absolute Gasteiger partial charge is 0.399 e. The highest BCUT2D eigenvalue weighted by molar-refractivity contribution is 6.33. The minimum Gasteiger partial charge on any atom is -0.399 e. The summed E-state index contributed by atoms with van der Waals surface area (Å²) in [4.78, 5) is 12.3. The Balaban J connectivity index is 2.02. The smallest absolute Gasteiger partial charge is 0.259 e. The molecule has 0 aliphatic carbocycles. The number of rotatable bonds is 2. The first-order valence-corrected chi connectivity index (χ1v) is 5.77. The van der Waals surface area contributed by atoms with E-state index in [-0.39, 0.29) is 0 Å². The Hall–Kier alpha value is -2.47. The van der Waals surface area contributed by atoms with Crippen LogP contribution in [0.5, 0.6) is 0 Å². The molecule has 3 rings (SSSR count). The van der Waals surface area contributed by atoms with Crippen molar-refractivity contribution >= 4 is 17.3 Å². The fraction of sp³-hybridized carbons (Fsp3) is 0. The van der Waals surface area contributed by atoms with Crippen molar-refractivity contribution in [2.75, 3.05) is 5.73 Å². The zero-order valence-electron chi connectivity index (χ0n) is 9.62. The number of anilines is 1. The second-order valence-electron chi connectivity index (χ2n) is 3.75. The Bertz CT molecular complexity index is 713. The summed E-state index contributed by atoms with van der Waals surface area (Å²) in [5.74, 6) is 0.668. The van der Waals surface area contributed by atoms with E-state index in [0.29, 0.717) is 33.7 Å². The summed E-state index contributed by atoms with van der Waals surface area (Å²) >= 11 is 6.08. The molecule has 0 fully saturated rings. The van der Waals surface area contributed by atoms with Gasteiger partial charge in [0.1, 0.15) is 5.69 Å². The number of benzene rings is 1. The fourth-order valence-corrected chi connectivity index (χ4v) is 1.83. The summed E-state index contributed by atoms with van der Waals surface area (Å²) < 4.78 is 5.17. The fourth-order valence-electron chi connectivity index (χ4n) is 1.56. The third kappa shape index (κ3) is 2.25. The highest BCUT2D eigenvalue weighted by Gasteiger charge is 2.14. The lowest BCUT2D eigenvalue weighted by Gasteiger charge is -1.99. The third-order valence-corrected chi connectivity index (χ3v) is 2.75. The van der Waals surface area contributed by atoms with Crippen LogP contribution in [0.2, 0.25) is 5.02 Å². The van der Waals surface area contributed by atoms with Crippen LogP contribution >= 0.6 is 11.6 Å². The van der Waals surface area contributed by atoms with Crippen molar-refractivity contribution in [1.82, 2.24) is 20.1 Å². The van der Waals surface area contributed by atoms with E-state index in [2.05, 4.69) is 20.1 Å². The standard InChI is InChI=1S/C12H8ClN5O/c13-9-5-7(14)1-2-8(9)12-17-11(18-19-12)10-6-15-3-4-16-10/h1-6H,14H2. The van der Waals surface area contributed by atoms with Gasteiger partial charge in [-0.3, -0.25) is 4.98 Å². The zero-order valence-corrected chi connectivity index (χ0v) is 10.4. The number of hydrogen-bond donors (Lipinski definition) is 1. The van der Waals surface area contributed by atoms with Gasteiger partial charge >= 0.3 is 0 Å². The molecule has 0 amide bonds. The van der Waals surface area contributed by atoms with Gasteiger partial charge in [0.2, 0.25) is 5.82 Å². The lowest BCUT2D eigenvalue weighted by atomic mass is 10.2. The maximum atomic E-state index is 6.08. The van der Waals surface area contributed by atoms with Gasteiger partial charge in [0.25, 0.3) is 5.89 Å². The van der Waals surface area contributed by atoms with Crippen molar-refractivity contribution in [3.63, 3.8) is 0 Å². The first-order valence-electron chi connectivity index (χ1n) is 5.39. The molecule has 2 aromatic heterocycles. The van der Waals surface area contributed by atoms with E-state index in [0.717, 1.165) is 0 Å². The van der Waals surface area contributed by atoms with Crippen LogP contribution in [-0.4, -0.2) is 20.1 Å². The van der Waals surface area contributed by atoms with E-state index in [9.17, 15) is 0 Å². The SMILES string of the molecule is Nc1ccc(-c2nc(-c3cnccn3)no2)c(Cl)c1. The second-order valence-corrected chi connectivity index (χ2v) is 4.16. The van der Waals surface area contributed by atoms with E-state index in [4.69, 9.17) is 21.9 Å². The summed E-state index contributed by atoms with van der Waals surface area (Å²) in [6.45, 7) is 0. The topological polar surface area (TPSA) is 90.7 Å². The summed E-state index contributed by atoms with van der Waals surface area (Å²) in [6, 6.07) is 5.07. The molecule has 0 radical (unpaired) electrons. The number of aromatic nitrogens is 4. The average molecular weight is 274 g/mol. The quantitative estimate of drug-likeness (QED) is 0.721. The van der Waals surface area contributed by atoms with Gasteiger partial charge in [0.05, 0.1) is 16.8 Å². The maximum absolute atomic E-state index is 6.08. The maximum Gasteiger partial charge on any atom is 0.259 e. The molecule has 0 saturated heterocycles. The van der Waals surface area contributed by atoms with Gasteiger partial charge in [-0.15, -0.1) is 0 Å². The second kappa shape index (κ2) is 4.66. The molecular formula is C12H8ClN5O. The molecule has 0 atom stereocenters. The highest BCUT2D eigenvalue weighted by Crippen LogP contribution is 2.29. The molecule has 0 spiro atoms. The molecule has 0 bridgehead atoms. The van der Waals surface area contributed by atoms with Crippen LogP contribution in [0.25, 0.3) is 23.0 Å². The van der Waals surface area contributed by atoms with Crippen molar-refractivity contribution in [3.8, 4) is 23.0 Å². The van der Waals surface area contributed by atoms with E-state index < -0.39 is 0 Å². The molecule has 0 aliphatic rings. The van der Waals surface area contributed by atoms with Crippen LogP contribution in [0.15, 0.2) is 41.3 Å². The van der Waals surface area contributed by atoms with Crippen LogP contribution in [0.3, 0.4) is 0 Å². The van der Waals surface area contributed by atoms with Crippen LogP contribution < -0.4 is 5.73 Å². The summed E-state index contributed by atoms with van der Waals surface area (Å²) in [5, 5.41) is 4.30. The molecule has 3 aromatic rings. The van der Waals surface area contributed by atoms with Crippen molar-refractivity contribution in [2.45, 2.75) is 0 Å². The lowest BCUT2D eigenvalue weighted by molar-refractivity contribution is 0.432. The Morgan fingerprint density at radius 3 is 2.84 bits per heavy atom. The zero-order chi connectivity index (χ0) is 13.2. The molecular weight excluding hydrogens is 266 g/mol. The molecule has 7 heteroatoms. The highest BCUT2D eigenvalue weighted by atomic mass is 35.5. The molecule has 94 valence electrons. The van der Waals surface area contributed by atoms with Gasteiger partial charge in [-0.25, -0.2) is 4.98 Å². The van der Waals surface area contributed by atoms with Gasteiger partial charge in [0.15, 0.2) is 0 Å². The first-order chi connectivity index (χ1) is 9.24. The number of nitrogens with two attached hydrogens (primary N) is 1. The molecule has 0 saturated carbocycles. The van der Waals surface area contributed by atoms with Crippen molar-refractivity contribution in [3.05, 3.63) is 41.8 Å². The molecule has 2 N–H and O–H groups in total. The summed E-state index contributed by atoms with van der Waals surface area (Å²) in [5.41, 5.74) is 7.36. The molecule has 0 aliphatic heterocycles. The average Bonchev–Trinajstić information content (AvgIpc) is 2.89. The monoisotopic (exact) mass is 273 g/mol. The first kappa shape index (κ1) is 11.6. The van der Waals surface area contributed by atoms with E-state index in [1.165, 1.54) is 0 Å². The predicted molar refractivity (Wildman–Crippen MR) is 70.2 cm³/mol. The molecule has 6 nitrogen and oxygen atoms in total. The summed E-state index contributed by atoms with van der Waals surface area (Å²) in [6.07, 6.45) is 4.68. The normalized spacial score (nSPS) is 10.6. The number of hydrogen-bond acceptors (Lipinski definition) is 6. The van der Waals surface area contributed by atoms with E-state index >= 15 is 0 Å². The number of nitrogen functional groups attached to an aromatic ring is 1. The van der Waals surface area contributed by atoms with Crippen LogP contribution in [0, 0.1) is 0 Å². The Morgan fingerprint density at radius 2 is 2.11 bits per heavy atom. The minimum atomic E-state index is 0.311.